The van der Waals surface area contributed by atoms with Crippen LogP contribution in [0, 0.1) is 12.8 Å². The zero-order chi connectivity index (χ0) is 42.1. The molecule has 0 unspecified atom stereocenters. The molecule has 4 heterocycles. The molecule has 56 heavy (non-hydrogen) atoms. The van der Waals surface area contributed by atoms with E-state index in [2.05, 4.69) is 51.5 Å². The van der Waals surface area contributed by atoms with Crippen LogP contribution in [0.1, 0.15) is 143 Å². The summed E-state index contributed by atoms with van der Waals surface area (Å²) in [5.41, 5.74) is 2.54. The third kappa shape index (κ3) is 15.3. The van der Waals surface area contributed by atoms with Crippen LogP contribution in [-0.4, -0.2) is 94.6 Å². The maximum absolute atomic E-state index is 11.8. The van der Waals surface area contributed by atoms with Gasteiger partial charge in [-0.25, -0.2) is 4.63 Å². The van der Waals surface area contributed by atoms with E-state index in [1.807, 2.05) is 80.8 Å². The number of nitrogens with zero attached hydrogens (tertiary/aromatic N) is 8. The fraction of sp³-hybridized carbons (Fsp3) is 0.605. The van der Waals surface area contributed by atoms with Crippen molar-refractivity contribution in [3.8, 4) is 5.75 Å². The predicted molar refractivity (Wildman–Crippen MR) is 211 cm³/mol. The van der Waals surface area contributed by atoms with Gasteiger partial charge in [-0.15, -0.1) is 0 Å². The first-order chi connectivity index (χ1) is 26.4. The highest BCUT2D eigenvalue weighted by molar-refractivity contribution is 5.95. The highest BCUT2D eigenvalue weighted by Crippen LogP contribution is 2.30. The standard InChI is InChI=1S/C11H17N3O.C10H17N3O2.C10H17N3O.C7H11N3O2/c1-8(2)13-11(15)10-5-6-12-14(10)7-9-3-4-9;1-5-13-9(8(15-4)6-11-13)10(14)12-7(2)3;1-7(2)12-10(14)9-5-6-11-13(9)8(3)4;1-4(2)8-7(11)6-5(3)9-12-10-6/h5-6,8-9H,3-4,7H2,1-2H3,(H,13,15);6-7H,5H2,1-4H3,(H,12,14);5-8H,1-4H3,(H,12,14);4H,1-3H3,(H,8,11). The molecule has 4 aromatic heterocycles. The Morgan fingerprint density at radius 3 is 1.73 bits per heavy atom. The molecule has 310 valence electrons. The summed E-state index contributed by atoms with van der Waals surface area (Å²) in [5.74, 6) is 0.754. The molecule has 4 N–H and O–H groups in total. The van der Waals surface area contributed by atoms with Crippen LogP contribution in [0.3, 0.4) is 0 Å². The average Bonchev–Trinajstić information content (AvgIpc) is 3.54. The second-order valence-corrected chi connectivity index (χ2v) is 14.7. The van der Waals surface area contributed by atoms with Gasteiger partial charge in [0.05, 0.1) is 13.3 Å². The Kier molecular flexibility index (Phi) is 18.9. The van der Waals surface area contributed by atoms with E-state index in [-0.39, 0.29) is 59.5 Å². The first kappa shape index (κ1) is 46.6. The Labute approximate surface area is 329 Å². The molecule has 0 radical (unpaired) electrons. The van der Waals surface area contributed by atoms with E-state index in [9.17, 15) is 19.2 Å². The molecule has 1 aliphatic carbocycles. The molecular weight excluding hydrogens is 720 g/mol. The quantitative estimate of drug-likeness (QED) is 0.147. The number of rotatable bonds is 13. The Bertz CT molecular complexity index is 1790. The molecule has 1 saturated carbocycles. The lowest BCUT2D eigenvalue weighted by Crippen LogP contribution is -2.32. The molecule has 0 aromatic carbocycles. The third-order valence-electron chi connectivity index (χ3n) is 7.56. The monoisotopic (exact) mass is 782 g/mol. The van der Waals surface area contributed by atoms with Gasteiger partial charge in [0.25, 0.3) is 23.6 Å². The summed E-state index contributed by atoms with van der Waals surface area (Å²) in [4.78, 5) is 46.5. The molecule has 0 saturated heterocycles. The number of ether oxygens (including phenoxy) is 1. The van der Waals surface area contributed by atoms with Crippen LogP contribution in [-0.2, 0) is 13.1 Å². The van der Waals surface area contributed by atoms with Gasteiger partial charge in [0.1, 0.15) is 17.1 Å². The number of amides is 4. The molecule has 5 rings (SSSR count). The van der Waals surface area contributed by atoms with Crippen LogP contribution in [0.15, 0.2) is 35.4 Å². The van der Waals surface area contributed by atoms with Crippen molar-refractivity contribution in [3.63, 3.8) is 0 Å². The number of nitrogens with one attached hydrogen (secondary N) is 4. The van der Waals surface area contributed by atoms with E-state index in [0.717, 1.165) is 12.5 Å². The summed E-state index contributed by atoms with van der Waals surface area (Å²) >= 11 is 0. The molecule has 4 amide bonds. The van der Waals surface area contributed by atoms with Crippen molar-refractivity contribution in [3.05, 3.63) is 59.2 Å². The van der Waals surface area contributed by atoms with Crippen LogP contribution >= 0.6 is 0 Å². The minimum atomic E-state index is -0.247. The van der Waals surface area contributed by atoms with Gasteiger partial charge in [0.2, 0.25) is 0 Å². The van der Waals surface area contributed by atoms with Crippen molar-refractivity contribution in [1.29, 1.82) is 0 Å². The molecule has 1 fully saturated rings. The Balaban J connectivity index is 0.000000259. The number of hydrogen-bond acceptors (Lipinski definition) is 11. The zero-order valence-electron chi connectivity index (χ0n) is 35.2. The fourth-order valence-electron chi connectivity index (χ4n) is 4.88. The van der Waals surface area contributed by atoms with E-state index < -0.39 is 0 Å². The molecule has 18 heteroatoms. The predicted octanol–water partition coefficient (Wildman–Crippen LogP) is 4.60. The molecule has 0 aliphatic heterocycles. The third-order valence-corrected chi connectivity index (χ3v) is 7.56. The van der Waals surface area contributed by atoms with Gasteiger partial charge in [0.15, 0.2) is 17.1 Å². The molecule has 1 aliphatic rings. The molecule has 4 aromatic rings. The second kappa shape index (κ2) is 22.7. The Morgan fingerprint density at radius 1 is 0.732 bits per heavy atom. The highest BCUT2D eigenvalue weighted by Gasteiger charge is 2.24. The molecule has 0 bridgehead atoms. The average molecular weight is 783 g/mol. The molecule has 0 spiro atoms. The summed E-state index contributed by atoms with van der Waals surface area (Å²) < 4.78 is 14.6. The summed E-state index contributed by atoms with van der Waals surface area (Å²) in [6.07, 6.45) is 7.43. The molecule has 0 atom stereocenters. The van der Waals surface area contributed by atoms with Crippen molar-refractivity contribution in [2.75, 3.05) is 7.11 Å². The van der Waals surface area contributed by atoms with Crippen molar-refractivity contribution in [2.24, 2.45) is 5.92 Å². The van der Waals surface area contributed by atoms with Crippen LogP contribution in [0.25, 0.3) is 0 Å². The van der Waals surface area contributed by atoms with Crippen molar-refractivity contribution in [2.45, 2.75) is 139 Å². The van der Waals surface area contributed by atoms with Gasteiger partial charge in [-0.1, -0.05) is 5.16 Å². The van der Waals surface area contributed by atoms with Crippen LogP contribution in [0.5, 0.6) is 5.75 Å². The molecule has 18 nitrogen and oxygen atoms in total. The lowest BCUT2D eigenvalue weighted by atomic mass is 10.3. The van der Waals surface area contributed by atoms with Crippen molar-refractivity contribution < 1.29 is 28.5 Å². The maximum Gasteiger partial charge on any atom is 0.275 e. The van der Waals surface area contributed by atoms with Crippen LogP contribution < -0.4 is 26.0 Å². The Hall–Kier alpha value is -5.55. The number of methoxy groups -OCH3 is 1. The van der Waals surface area contributed by atoms with Gasteiger partial charge < -0.3 is 26.0 Å². The van der Waals surface area contributed by atoms with Gasteiger partial charge in [-0.2, -0.15) is 15.3 Å². The van der Waals surface area contributed by atoms with E-state index in [1.54, 1.807) is 47.0 Å². The lowest BCUT2D eigenvalue weighted by Gasteiger charge is -2.12. The Morgan fingerprint density at radius 2 is 1.25 bits per heavy atom. The summed E-state index contributed by atoms with van der Waals surface area (Å²) in [6.45, 7) is 24.5. The van der Waals surface area contributed by atoms with E-state index in [1.165, 1.54) is 20.0 Å². The minimum Gasteiger partial charge on any atom is -0.493 e. The second-order valence-electron chi connectivity index (χ2n) is 14.7. The van der Waals surface area contributed by atoms with Crippen LogP contribution in [0.2, 0.25) is 0 Å². The van der Waals surface area contributed by atoms with E-state index in [4.69, 9.17) is 4.74 Å². The first-order valence-corrected chi connectivity index (χ1v) is 19.1. The summed E-state index contributed by atoms with van der Waals surface area (Å²) in [7, 11) is 1.53. The van der Waals surface area contributed by atoms with E-state index >= 15 is 0 Å². The molecular formula is C38H62N12O6. The van der Waals surface area contributed by atoms with Gasteiger partial charge >= 0.3 is 0 Å². The topological polar surface area (TPSA) is 218 Å². The van der Waals surface area contributed by atoms with Crippen LogP contribution in [0.4, 0.5) is 0 Å². The smallest absolute Gasteiger partial charge is 0.275 e. The first-order valence-electron chi connectivity index (χ1n) is 19.1. The number of aromatic nitrogens is 8. The van der Waals surface area contributed by atoms with Gasteiger partial charge in [-0.3, -0.25) is 33.2 Å². The number of aryl methyl sites for hydroxylation is 2. The van der Waals surface area contributed by atoms with E-state index in [0.29, 0.717) is 35.1 Å². The van der Waals surface area contributed by atoms with Gasteiger partial charge in [-0.05, 0) is 119 Å². The van der Waals surface area contributed by atoms with Gasteiger partial charge in [0, 0.05) is 55.7 Å². The summed E-state index contributed by atoms with van der Waals surface area (Å²) in [5, 5.41) is 30.5. The van der Waals surface area contributed by atoms with Crippen molar-refractivity contribution in [1.82, 2.24) is 60.9 Å². The fourth-order valence-corrected chi connectivity index (χ4v) is 4.88. The maximum atomic E-state index is 11.8. The zero-order valence-corrected chi connectivity index (χ0v) is 35.2. The lowest BCUT2D eigenvalue weighted by molar-refractivity contribution is 0.0920. The highest BCUT2D eigenvalue weighted by atomic mass is 16.6. The summed E-state index contributed by atoms with van der Waals surface area (Å²) in [6, 6.07) is 4.23. The minimum absolute atomic E-state index is 0.0249. The SMILES string of the molecule is CC(C)NC(=O)c1ccnn1C(C)C.CC(C)NC(=O)c1ccnn1CC1CC1.CCn1ncc(OC)c1C(=O)NC(C)C.Cc1nonc1C(=O)NC(C)C. The normalized spacial score (nSPS) is 12.0. The number of hydrogen-bond donors (Lipinski definition) is 4. The van der Waals surface area contributed by atoms with Crippen molar-refractivity contribution >= 4 is 23.6 Å². The largest absolute Gasteiger partial charge is 0.493 e. The number of carbonyl (C=O) groups excluding carboxylic acids is 4. The number of carbonyl (C=O) groups is 4.